The standard InChI is InChI=1S/C53H32OS/c1-2-13-39-37(11-1)38-12-3-4-14-40(38)44-31-35(25-27-41(39)44)33-21-23-34(24-22-33)51-29-30-52(55-51)36-26-28-48-50(32-36)54-49-20-10-9-19-47(49)53(48)45-17-7-5-15-42(45)43-16-6-8-18-46(43)53/h1-32H. The van der Waals surface area contributed by atoms with Crippen LogP contribution in [0.15, 0.2) is 194 Å². The monoisotopic (exact) mass is 716 g/mol. The summed E-state index contributed by atoms with van der Waals surface area (Å²) in [7, 11) is 0. The van der Waals surface area contributed by atoms with Gasteiger partial charge in [-0.2, -0.15) is 0 Å². The van der Waals surface area contributed by atoms with Gasteiger partial charge in [0.05, 0.1) is 5.41 Å². The molecule has 0 fully saturated rings. The first kappa shape index (κ1) is 30.7. The third kappa shape index (κ3) is 4.35. The summed E-state index contributed by atoms with van der Waals surface area (Å²) < 4.78 is 6.78. The van der Waals surface area contributed by atoms with Gasteiger partial charge in [-0.05, 0) is 107 Å². The van der Waals surface area contributed by atoms with Gasteiger partial charge in [-0.1, -0.05) is 164 Å². The largest absolute Gasteiger partial charge is 0.457 e. The molecule has 0 amide bonds. The maximum atomic E-state index is 6.78. The Kier molecular flexibility index (Phi) is 6.49. The van der Waals surface area contributed by atoms with Crippen molar-refractivity contribution in [2.45, 2.75) is 5.41 Å². The Morgan fingerprint density at radius 1 is 0.309 bits per heavy atom. The summed E-state index contributed by atoms with van der Waals surface area (Å²) in [5, 5.41) is 7.80. The molecule has 9 aromatic carbocycles. The smallest absolute Gasteiger partial charge is 0.132 e. The Bertz CT molecular complexity index is 3100. The topological polar surface area (TPSA) is 9.23 Å². The molecular formula is C53H32OS. The summed E-state index contributed by atoms with van der Waals surface area (Å²) in [6, 6.07) is 71.2. The maximum absolute atomic E-state index is 6.78. The van der Waals surface area contributed by atoms with E-state index in [4.69, 9.17) is 4.74 Å². The van der Waals surface area contributed by atoms with E-state index < -0.39 is 5.41 Å². The highest BCUT2D eigenvalue weighted by molar-refractivity contribution is 7.18. The average molecular weight is 717 g/mol. The predicted molar refractivity (Wildman–Crippen MR) is 231 cm³/mol. The predicted octanol–water partition coefficient (Wildman–Crippen LogP) is 14.7. The van der Waals surface area contributed by atoms with E-state index in [2.05, 4.69) is 194 Å². The first-order valence-corrected chi connectivity index (χ1v) is 19.7. The van der Waals surface area contributed by atoms with E-state index in [-0.39, 0.29) is 0 Å². The minimum atomic E-state index is -0.440. The quantitative estimate of drug-likeness (QED) is 0.165. The van der Waals surface area contributed by atoms with Gasteiger partial charge in [0, 0.05) is 20.9 Å². The van der Waals surface area contributed by atoms with Crippen molar-refractivity contribution in [3.8, 4) is 54.6 Å². The summed E-state index contributed by atoms with van der Waals surface area (Å²) in [4.78, 5) is 2.47. The number of benzene rings is 9. The fourth-order valence-electron chi connectivity index (χ4n) is 9.58. The van der Waals surface area contributed by atoms with Gasteiger partial charge in [0.15, 0.2) is 0 Å². The Hall–Kier alpha value is -6.74. The molecule has 2 heterocycles. The third-order valence-corrected chi connectivity index (χ3v) is 13.2. The molecular weight excluding hydrogens is 685 g/mol. The molecule has 2 aliphatic rings. The van der Waals surface area contributed by atoms with E-state index in [0.717, 1.165) is 17.1 Å². The van der Waals surface area contributed by atoms with Crippen molar-refractivity contribution in [3.05, 3.63) is 216 Å². The van der Waals surface area contributed by atoms with Gasteiger partial charge >= 0.3 is 0 Å². The number of thiophene rings is 1. The molecule has 2 heteroatoms. The zero-order valence-corrected chi connectivity index (χ0v) is 30.6. The highest BCUT2D eigenvalue weighted by Gasteiger charge is 2.50. The van der Waals surface area contributed by atoms with Gasteiger partial charge in [0.25, 0.3) is 0 Å². The van der Waals surface area contributed by atoms with Crippen molar-refractivity contribution < 1.29 is 4.74 Å². The second kappa shape index (κ2) is 11.6. The number of fused-ring (bicyclic) bond motifs is 15. The molecule has 0 saturated heterocycles. The van der Waals surface area contributed by atoms with Crippen LogP contribution in [0.2, 0.25) is 0 Å². The summed E-state index contributed by atoms with van der Waals surface area (Å²) >= 11 is 1.83. The maximum Gasteiger partial charge on any atom is 0.132 e. The van der Waals surface area contributed by atoms with E-state index in [9.17, 15) is 0 Å². The molecule has 0 N–H and O–H groups in total. The third-order valence-electron chi connectivity index (χ3n) is 12.0. The van der Waals surface area contributed by atoms with Gasteiger partial charge in [-0.3, -0.25) is 0 Å². The Balaban J connectivity index is 0.909. The molecule has 0 unspecified atom stereocenters. The van der Waals surface area contributed by atoms with Crippen LogP contribution in [-0.2, 0) is 5.41 Å². The zero-order chi connectivity index (χ0) is 36.1. The number of ether oxygens (including phenoxy) is 1. The van der Waals surface area contributed by atoms with Crippen LogP contribution in [0.5, 0.6) is 11.5 Å². The lowest BCUT2D eigenvalue weighted by atomic mass is 9.66. The average Bonchev–Trinajstić information content (AvgIpc) is 3.87. The summed E-state index contributed by atoms with van der Waals surface area (Å²) in [5.41, 5.74) is 12.0. The first-order valence-electron chi connectivity index (χ1n) is 18.9. The molecule has 55 heavy (non-hydrogen) atoms. The molecule has 1 spiro atoms. The van der Waals surface area contributed by atoms with Gasteiger partial charge in [0.2, 0.25) is 0 Å². The molecule has 10 aromatic rings. The van der Waals surface area contributed by atoms with Crippen LogP contribution in [0.4, 0.5) is 0 Å². The Morgan fingerprint density at radius 3 is 1.45 bits per heavy atom. The molecule has 256 valence electrons. The minimum absolute atomic E-state index is 0.440. The SMILES string of the molecule is c1ccc2c(c1)Oc1cc(-c3ccc(-c4ccc(-c5ccc6c7ccccc7c7ccccc7c6c5)cc4)s3)ccc1C21c2ccccc2-c2ccccc21. The van der Waals surface area contributed by atoms with Crippen LogP contribution in [0.3, 0.4) is 0 Å². The lowest BCUT2D eigenvalue weighted by Gasteiger charge is -2.39. The van der Waals surface area contributed by atoms with Gasteiger partial charge in [-0.15, -0.1) is 11.3 Å². The van der Waals surface area contributed by atoms with Crippen LogP contribution in [0.1, 0.15) is 22.3 Å². The second-order valence-electron chi connectivity index (χ2n) is 14.7. The normalized spacial score (nSPS) is 13.4. The molecule has 1 nitrogen and oxygen atoms in total. The van der Waals surface area contributed by atoms with E-state index in [1.54, 1.807) is 0 Å². The van der Waals surface area contributed by atoms with E-state index in [1.807, 2.05) is 11.3 Å². The van der Waals surface area contributed by atoms with Crippen molar-refractivity contribution in [1.29, 1.82) is 0 Å². The molecule has 1 aliphatic heterocycles. The van der Waals surface area contributed by atoms with E-state index in [1.165, 1.54) is 92.1 Å². The fourth-order valence-corrected chi connectivity index (χ4v) is 10.6. The van der Waals surface area contributed by atoms with Crippen LogP contribution >= 0.6 is 11.3 Å². The number of hydrogen-bond acceptors (Lipinski definition) is 2. The first-order chi connectivity index (χ1) is 27.3. The van der Waals surface area contributed by atoms with E-state index >= 15 is 0 Å². The van der Waals surface area contributed by atoms with Crippen LogP contribution < -0.4 is 4.74 Å². The van der Waals surface area contributed by atoms with Crippen molar-refractivity contribution in [2.75, 3.05) is 0 Å². The van der Waals surface area contributed by atoms with Crippen LogP contribution in [-0.4, -0.2) is 0 Å². The summed E-state index contributed by atoms with van der Waals surface area (Å²) in [6.07, 6.45) is 0. The van der Waals surface area contributed by atoms with E-state index in [0.29, 0.717) is 0 Å². The number of hydrogen-bond donors (Lipinski definition) is 0. The molecule has 0 bridgehead atoms. The highest BCUT2D eigenvalue weighted by atomic mass is 32.1. The molecule has 12 rings (SSSR count). The van der Waals surface area contributed by atoms with Gasteiger partial charge in [-0.25, -0.2) is 0 Å². The molecule has 1 aromatic heterocycles. The molecule has 0 radical (unpaired) electrons. The lowest BCUT2D eigenvalue weighted by molar-refractivity contribution is 0.436. The lowest BCUT2D eigenvalue weighted by Crippen LogP contribution is -2.32. The Labute approximate surface area is 323 Å². The zero-order valence-electron chi connectivity index (χ0n) is 29.8. The number of para-hydroxylation sites is 1. The molecule has 1 aliphatic carbocycles. The molecule has 0 saturated carbocycles. The number of rotatable bonds is 3. The van der Waals surface area contributed by atoms with Crippen molar-refractivity contribution in [2.24, 2.45) is 0 Å². The van der Waals surface area contributed by atoms with Crippen LogP contribution in [0.25, 0.3) is 75.5 Å². The van der Waals surface area contributed by atoms with Crippen molar-refractivity contribution >= 4 is 43.7 Å². The Morgan fingerprint density at radius 2 is 0.782 bits per heavy atom. The van der Waals surface area contributed by atoms with Crippen molar-refractivity contribution in [3.63, 3.8) is 0 Å². The summed E-state index contributed by atoms with van der Waals surface area (Å²) in [5.74, 6) is 1.83. The second-order valence-corrected chi connectivity index (χ2v) is 15.8. The van der Waals surface area contributed by atoms with Crippen LogP contribution in [0, 0.1) is 0 Å². The van der Waals surface area contributed by atoms with Gasteiger partial charge in [0.1, 0.15) is 11.5 Å². The van der Waals surface area contributed by atoms with Gasteiger partial charge < -0.3 is 4.74 Å². The highest BCUT2D eigenvalue weighted by Crippen LogP contribution is 2.62. The van der Waals surface area contributed by atoms with Crippen molar-refractivity contribution in [1.82, 2.24) is 0 Å². The molecule has 0 atom stereocenters. The fraction of sp³-hybridized carbons (Fsp3) is 0.0189. The summed E-state index contributed by atoms with van der Waals surface area (Å²) in [6.45, 7) is 0. The minimum Gasteiger partial charge on any atom is -0.457 e.